The van der Waals surface area contributed by atoms with E-state index in [0.717, 1.165) is 0 Å². The van der Waals surface area contributed by atoms with E-state index in [9.17, 15) is 14.0 Å². The lowest BCUT2D eigenvalue weighted by molar-refractivity contribution is 0.0427. The Balaban J connectivity index is 2.52. The van der Waals surface area contributed by atoms with E-state index in [1.54, 1.807) is 41.5 Å². The summed E-state index contributed by atoms with van der Waals surface area (Å²) in [7, 11) is 0. The first kappa shape index (κ1) is 20.4. The summed E-state index contributed by atoms with van der Waals surface area (Å²) in [4.78, 5) is 29.8. The highest BCUT2D eigenvalue weighted by Crippen LogP contribution is 2.39. The van der Waals surface area contributed by atoms with Crippen molar-refractivity contribution in [1.82, 2.24) is 4.98 Å². The Morgan fingerprint density at radius 3 is 2.08 bits per heavy atom. The molecule has 2 amide bonds. The van der Waals surface area contributed by atoms with Crippen LogP contribution in [0.2, 0.25) is 0 Å². The van der Waals surface area contributed by atoms with Crippen LogP contribution in [0.4, 0.5) is 19.8 Å². The van der Waals surface area contributed by atoms with Crippen LogP contribution in [-0.4, -0.2) is 35.0 Å². The van der Waals surface area contributed by atoms with Crippen LogP contribution in [0.5, 0.6) is 5.75 Å². The lowest BCUT2D eigenvalue weighted by Crippen LogP contribution is -2.44. The molecule has 0 fully saturated rings. The van der Waals surface area contributed by atoms with E-state index in [0.29, 0.717) is 23.6 Å². The quantitative estimate of drug-likeness (QED) is 0.645. The molecule has 0 atom stereocenters. The largest absolute Gasteiger partial charge is 0.490 e. The second kappa shape index (κ2) is 7.02. The van der Waals surface area contributed by atoms with Crippen molar-refractivity contribution in [1.29, 1.82) is 0 Å². The van der Waals surface area contributed by atoms with Gasteiger partial charge in [0, 0.05) is 6.42 Å². The first-order valence-electron chi connectivity index (χ1n) is 8.07. The predicted molar refractivity (Wildman–Crippen MR) is 96.0 cm³/mol. The van der Waals surface area contributed by atoms with Crippen molar-refractivity contribution in [2.45, 2.75) is 59.2 Å². The number of fused-ring (bicyclic) bond motifs is 1. The summed E-state index contributed by atoms with van der Waals surface area (Å²) in [6, 6.07) is 0. The molecule has 2 rings (SSSR count). The number of carbonyl (C=O) groups excluding carboxylic acids is 2. The summed E-state index contributed by atoms with van der Waals surface area (Å²) < 4.78 is 30.6. The zero-order chi connectivity index (χ0) is 19.9. The average molecular weight is 433 g/mol. The van der Waals surface area contributed by atoms with Gasteiger partial charge in [-0.1, -0.05) is 0 Å². The number of imide groups is 1. The SMILES string of the molecule is CC(C)(C)OC(=O)N(C(=O)OC(C)(C)C)c1nc2c(c(Br)c1F)OCC2. The molecule has 0 saturated heterocycles. The molecule has 0 aromatic carbocycles. The third-order valence-corrected chi connectivity index (χ3v) is 3.75. The summed E-state index contributed by atoms with van der Waals surface area (Å²) in [5.41, 5.74) is -1.36. The van der Waals surface area contributed by atoms with Crippen molar-refractivity contribution in [3.05, 3.63) is 16.0 Å². The maximum absolute atomic E-state index is 14.8. The monoisotopic (exact) mass is 432 g/mol. The minimum Gasteiger partial charge on any atom is -0.490 e. The lowest BCUT2D eigenvalue weighted by Gasteiger charge is -2.28. The van der Waals surface area contributed by atoms with Gasteiger partial charge in [0.1, 0.15) is 15.7 Å². The Kier molecular flexibility index (Phi) is 5.51. The molecular formula is C17H22BrFN2O5. The Morgan fingerprint density at radius 2 is 1.62 bits per heavy atom. The summed E-state index contributed by atoms with van der Waals surface area (Å²) in [6.45, 7) is 10.1. The molecular weight excluding hydrogens is 411 g/mol. The van der Waals surface area contributed by atoms with Crippen molar-refractivity contribution in [2.75, 3.05) is 11.5 Å². The molecule has 26 heavy (non-hydrogen) atoms. The van der Waals surface area contributed by atoms with Crippen molar-refractivity contribution in [3.63, 3.8) is 0 Å². The molecule has 0 bridgehead atoms. The Bertz CT molecular complexity index is 712. The molecule has 1 aromatic rings. The molecule has 2 heterocycles. The van der Waals surface area contributed by atoms with E-state index in [2.05, 4.69) is 20.9 Å². The number of amides is 2. The highest BCUT2D eigenvalue weighted by atomic mass is 79.9. The molecule has 0 saturated carbocycles. The van der Waals surface area contributed by atoms with Crippen molar-refractivity contribution in [3.8, 4) is 5.75 Å². The number of aromatic nitrogens is 1. The fourth-order valence-electron chi connectivity index (χ4n) is 2.13. The van der Waals surface area contributed by atoms with Gasteiger partial charge in [0.15, 0.2) is 17.4 Å². The van der Waals surface area contributed by atoms with Crippen LogP contribution in [0.25, 0.3) is 0 Å². The number of anilines is 1. The zero-order valence-corrected chi connectivity index (χ0v) is 17.2. The van der Waals surface area contributed by atoms with Gasteiger partial charge in [-0.3, -0.25) is 0 Å². The molecule has 1 aliphatic heterocycles. The molecule has 1 aromatic heterocycles. The molecule has 0 N–H and O–H groups in total. The van der Waals surface area contributed by atoms with E-state index in [1.807, 2.05) is 0 Å². The molecule has 1 aliphatic rings. The number of hydrogen-bond donors (Lipinski definition) is 0. The number of nitrogens with zero attached hydrogens (tertiary/aromatic N) is 2. The number of pyridine rings is 1. The van der Waals surface area contributed by atoms with Crippen LogP contribution in [0.15, 0.2) is 4.47 Å². The standard InChI is InChI=1S/C17H22BrFN2O5/c1-16(2,3)25-14(22)21(15(23)26-17(4,5)6)13-11(19)10(18)12-9(20-13)7-8-24-12/h7-8H2,1-6H3. The number of ether oxygens (including phenoxy) is 3. The molecule has 7 nitrogen and oxygen atoms in total. The molecule has 0 unspecified atom stereocenters. The van der Waals surface area contributed by atoms with E-state index in [-0.39, 0.29) is 10.2 Å². The highest BCUT2D eigenvalue weighted by molar-refractivity contribution is 9.10. The van der Waals surface area contributed by atoms with Gasteiger partial charge < -0.3 is 14.2 Å². The number of carbonyl (C=O) groups is 2. The first-order valence-corrected chi connectivity index (χ1v) is 8.86. The van der Waals surface area contributed by atoms with Crippen LogP contribution in [0.3, 0.4) is 0 Å². The molecule has 0 aliphatic carbocycles. The Morgan fingerprint density at radius 1 is 1.12 bits per heavy atom. The van der Waals surface area contributed by atoms with Crippen molar-refractivity contribution < 1.29 is 28.2 Å². The van der Waals surface area contributed by atoms with E-state index in [1.165, 1.54) is 0 Å². The van der Waals surface area contributed by atoms with Crippen LogP contribution in [0, 0.1) is 5.82 Å². The van der Waals surface area contributed by atoms with Crippen LogP contribution in [0.1, 0.15) is 47.2 Å². The minimum absolute atomic E-state index is 0.00730. The number of rotatable bonds is 1. The summed E-state index contributed by atoms with van der Waals surface area (Å²) in [5, 5.41) is 0. The topological polar surface area (TPSA) is 78.0 Å². The van der Waals surface area contributed by atoms with Crippen LogP contribution < -0.4 is 9.64 Å². The van der Waals surface area contributed by atoms with Gasteiger partial charge in [0.25, 0.3) is 0 Å². The molecule has 0 radical (unpaired) electrons. The molecule has 144 valence electrons. The second-order valence-corrected chi connectivity index (χ2v) is 8.53. The third-order valence-electron chi connectivity index (χ3n) is 3.04. The fourth-order valence-corrected chi connectivity index (χ4v) is 2.65. The Labute approximate surface area is 159 Å². The van der Waals surface area contributed by atoms with Gasteiger partial charge in [0.2, 0.25) is 0 Å². The fraction of sp³-hybridized carbons (Fsp3) is 0.588. The van der Waals surface area contributed by atoms with Crippen molar-refractivity contribution in [2.24, 2.45) is 0 Å². The smallest absolute Gasteiger partial charge is 0.425 e. The lowest BCUT2D eigenvalue weighted by atomic mass is 10.2. The molecule has 9 heteroatoms. The van der Waals surface area contributed by atoms with Crippen molar-refractivity contribution >= 4 is 33.9 Å². The third kappa shape index (κ3) is 4.63. The second-order valence-electron chi connectivity index (χ2n) is 7.73. The predicted octanol–water partition coefficient (Wildman–Crippen LogP) is 4.59. The number of hydrogen-bond acceptors (Lipinski definition) is 6. The first-order chi connectivity index (χ1) is 11.8. The van der Waals surface area contributed by atoms with Crippen LogP contribution in [-0.2, 0) is 15.9 Å². The van der Waals surface area contributed by atoms with E-state index in [4.69, 9.17) is 14.2 Å². The van der Waals surface area contributed by atoms with Gasteiger partial charge in [-0.2, -0.15) is 4.90 Å². The summed E-state index contributed by atoms with van der Waals surface area (Å²) in [6.07, 6.45) is -1.73. The van der Waals surface area contributed by atoms with Gasteiger partial charge in [-0.05, 0) is 57.5 Å². The summed E-state index contributed by atoms with van der Waals surface area (Å²) in [5.74, 6) is -1.15. The normalized spacial score (nSPS) is 13.7. The average Bonchev–Trinajstić information content (AvgIpc) is 2.88. The Hall–Kier alpha value is -1.90. The van der Waals surface area contributed by atoms with E-state index >= 15 is 0 Å². The van der Waals surface area contributed by atoms with Gasteiger partial charge >= 0.3 is 12.2 Å². The van der Waals surface area contributed by atoms with E-state index < -0.39 is 35.0 Å². The van der Waals surface area contributed by atoms with Gasteiger partial charge in [-0.15, -0.1) is 0 Å². The zero-order valence-electron chi connectivity index (χ0n) is 15.6. The van der Waals surface area contributed by atoms with Crippen LogP contribution >= 0.6 is 15.9 Å². The minimum atomic E-state index is -1.08. The highest BCUT2D eigenvalue weighted by Gasteiger charge is 2.37. The maximum atomic E-state index is 14.8. The van der Waals surface area contributed by atoms with Gasteiger partial charge in [0.05, 0.1) is 12.3 Å². The van der Waals surface area contributed by atoms with Gasteiger partial charge in [-0.25, -0.2) is 19.0 Å². The molecule has 0 spiro atoms. The summed E-state index contributed by atoms with van der Waals surface area (Å²) >= 11 is 3.10. The maximum Gasteiger partial charge on any atom is 0.425 e. The number of halogens is 2.